The Morgan fingerprint density at radius 1 is 1.20 bits per heavy atom. The van der Waals surface area contributed by atoms with Crippen molar-refractivity contribution in [2.45, 2.75) is 20.3 Å². The van der Waals surface area contributed by atoms with E-state index in [1.165, 1.54) is 0 Å². The minimum atomic E-state index is 0.431. The Balaban J connectivity index is 2.24. The summed E-state index contributed by atoms with van der Waals surface area (Å²) < 4.78 is 5.68. The third-order valence-electron chi connectivity index (χ3n) is 2.48. The molecule has 0 amide bonds. The highest BCUT2D eigenvalue weighted by Crippen LogP contribution is 2.31. The maximum absolute atomic E-state index is 6.07. The lowest BCUT2D eigenvalue weighted by atomic mass is 10.3. The summed E-state index contributed by atoms with van der Waals surface area (Å²) in [5.74, 6) is 2.26. The van der Waals surface area contributed by atoms with Gasteiger partial charge >= 0.3 is 0 Å². The summed E-state index contributed by atoms with van der Waals surface area (Å²) in [6.07, 6.45) is 1.01. The van der Waals surface area contributed by atoms with Crippen LogP contribution in [0.2, 0.25) is 10.0 Å². The normalized spacial score (nSPS) is 10.4. The second-order valence-electron chi connectivity index (χ2n) is 4.24. The zero-order valence-electron chi connectivity index (χ0n) is 11.3. The van der Waals surface area contributed by atoms with Crippen LogP contribution in [0.25, 0.3) is 0 Å². The van der Waals surface area contributed by atoms with Gasteiger partial charge in [-0.15, -0.1) is 0 Å². The Labute approximate surface area is 128 Å². The van der Waals surface area contributed by atoms with Crippen molar-refractivity contribution in [1.29, 1.82) is 0 Å². The molecule has 2 rings (SSSR count). The fourth-order valence-electron chi connectivity index (χ4n) is 1.60. The molecule has 1 aromatic heterocycles. The van der Waals surface area contributed by atoms with Crippen molar-refractivity contribution in [3.8, 4) is 11.6 Å². The van der Waals surface area contributed by atoms with Crippen LogP contribution in [0.5, 0.6) is 11.6 Å². The number of hydrogen-bond acceptors (Lipinski definition) is 4. The molecule has 0 fully saturated rings. The summed E-state index contributed by atoms with van der Waals surface area (Å²) >= 11 is 12.0. The third-order valence-corrected chi connectivity index (χ3v) is 3.03. The number of halogens is 2. The van der Waals surface area contributed by atoms with Crippen LogP contribution >= 0.6 is 23.2 Å². The molecule has 0 aliphatic carbocycles. The lowest BCUT2D eigenvalue weighted by molar-refractivity contribution is 0.460. The predicted molar refractivity (Wildman–Crippen MR) is 82.1 cm³/mol. The molecule has 1 heterocycles. The zero-order chi connectivity index (χ0) is 14.5. The molecule has 0 unspecified atom stereocenters. The number of hydrogen-bond donors (Lipinski definition) is 1. The van der Waals surface area contributed by atoms with E-state index < -0.39 is 0 Å². The molecule has 4 nitrogen and oxygen atoms in total. The lowest BCUT2D eigenvalue weighted by Gasteiger charge is -2.10. The highest BCUT2D eigenvalue weighted by Gasteiger charge is 2.07. The molecular formula is C14H15Cl2N3O. The maximum Gasteiger partial charge on any atom is 0.224 e. The van der Waals surface area contributed by atoms with Gasteiger partial charge in [0.25, 0.3) is 0 Å². The van der Waals surface area contributed by atoms with Crippen LogP contribution in [0.15, 0.2) is 24.3 Å². The quantitative estimate of drug-likeness (QED) is 0.869. The third kappa shape index (κ3) is 3.99. The molecule has 20 heavy (non-hydrogen) atoms. The fraction of sp³-hybridized carbons (Fsp3) is 0.286. The van der Waals surface area contributed by atoms with Crippen molar-refractivity contribution in [1.82, 2.24) is 9.97 Å². The van der Waals surface area contributed by atoms with E-state index in [2.05, 4.69) is 22.2 Å². The molecular weight excluding hydrogens is 297 g/mol. The Hall–Kier alpha value is -1.52. The number of benzene rings is 1. The number of anilines is 1. The number of aromatic nitrogens is 2. The smallest absolute Gasteiger partial charge is 0.224 e. The topological polar surface area (TPSA) is 47.0 Å². The molecule has 0 spiro atoms. The minimum absolute atomic E-state index is 0.431. The van der Waals surface area contributed by atoms with E-state index in [1.807, 2.05) is 6.92 Å². The average molecular weight is 312 g/mol. The van der Waals surface area contributed by atoms with Crippen molar-refractivity contribution in [2.24, 2.45) is 0 Å². The van der Waals surface area contributed by atoms with E-state index in [1.54, 1.807) is 24.3 Å². The molecule has 2 aromatic rings. The molecule has 0 aliphatic rings. The first-order valence-corrected chi connectivity index (χ1v) is 7.06. The molecule has 1 N–H and O–H groups in total. The van der Waals surface area contributed by atoms with Gasteiger partial charge in [0.1, 0.15) is 17.4 Å². The number of nitrogens with one attached hydrogen (secondary N) is 1. The van der Waals surface area contributed by atoms with Gasteiger partial charge in [-0.1, -0.05) is 30.1 Å². The Bertz CT molecular complexity index is 605. The Kier molecular flexibility index (Phi) is 5.04. The van der Waals surface area contributed by atoms with Crippen LogP contribution in [0, 0.1) is 6.92 Å². The van der Waals surface area contributed by atoms with Gasteiger partial charge in [-0.3, -0.25) is 0 Å². The average Bonchev–Trinajstić information content (AvgIpc) is 2.40. The molecule has 1 aromatic carbocycles. The standard InChI is InChI=1S/C14H15Cl2N3O/c1-3-6-17-13-8-14(19-9(2)18-13)20-12-7-10(15)4-5-11(12)16/h4-5,7-8H,3,6H2,1-2H3,(H,17,18,19). The van der Waals surface area contributed by atoms with E-state index in [0.29, 0.717) is 27.5 Å². The summed E-state index contributed by atoms with van der Waals surface area (Å²) in [6, 6.07) is 6.78. The van der Waals surface area contributed by atoms with Crippen molar-refractivity contribution in [3.63, 3.8) is 0 Å². The molecule has 0 saturated heterocycles. The van der Waals surface area contributed by atoms with Crippen LogP contribution in [0.4, 0.5) is 5.82 Å². The summed E-state index contributed by atoms with van der Waals surface area (Å²) in [6.45, 7) is 4.74. The molecule has 106 valence electrons. The Morgan fingerprint density at radius 3 is 2.75 bits per heavy atom. The fourth-order valence-corrected chi connectivity index (χ4v) is 1.92. The van der Waals surface area contributed by atoms with Crippen LogP contribution in [-0.4, -0.2) is 16.5 Å². The number of ether oxygens (including phenoxy) is 1. The van der Waals surface area contributed by atoms with Crippen LogP contribution in [0.1, 0.15) is 19.2 Å². The summed E-state index contributed by atoms with van der Waals surface area (Å²) in [4.78, 5) is 8.52. The van der Waals surface area contributed by atoms with E-state index in [0.717, 1.165) is 18.8 Å². The van der Waals surface area contributed by atoms with Crippen molar-refractivity contribution >= 4 is 29.0 Å². The van der Waals surface area contributed by atoms with Gasteiger partial charge in [0.05, 0.1) is 5.02 Å². The molecule has 0 bridgehead atoms. The lowest BCUT2D eigenvalue weighted by Crippen LogP contribution is -2.04. The monoisotopic (exact) mass is 311 g/mol. The van der Waals surface area contributed by atoms with Gasteiger partial charge < -0.3 is 10.1 Å². The molecule has 0 atom stereocenters. The summed E-state index contributed by atoms with van der Waals surface area (Å²) in [7, 11) is 0. The van der Waals surface area contributed by atoms with Gasteiger partial charge in [-0.05, 0) is 25.5 Å². The summed E-state index contributed by atoms with van der Waals surface area (Å²) in [5, 5.41) is 4.23. The predicted octanol–water partition coefficient (Wildman–Crippen LogP) is 4.71. The maximum atomic E-state index is 6.07. The van der Waals surface area contributed by atoms with Gasteiger partial charge in [-0.2, -0.15) is 4.98 Å². The minimum Gasteiger partial charge on any atom is -0.437 e. The van der Waals surface area contributed by atoms with Gasteiger partial charge in [0.2, 0.25) is 5.88 Å². The second-order valence-corrected chi connectivity index (χ2v) is 5.09. The van der Waals surface area contributed by atoms with E-state index in [9.17, 15) is 0 Å². The first-order chi connectivity index (χ1) is 9.58. The first-order valence-electron chi connectivity index (χ1n) is 6.31. The van der Waals surface area contributed by atoms with E-state index in [4.69, 9.17) is 27.9 Å². The largest absolute Gasteiger partial charge is 0.437 e. The molecule has 6 heteroatoms. The van der Waals surface area contributed by atoms with E-state index >= 15 is 0 Å². The van der Waals surface area contributed by atoms with Crippen molar-refractivity contribution < 1.29 is 4.74 Å². The van der Waals surface area contributed by atoms with Crippen LogP contribution in [0.3, 0.4) is 0 Å². The Morgan fingerprint density at radius 2 is 2.00 bits per heavy atom. The SMILES string of the molecule is CCCNc1cc(Oc2cc(Cl)ccc2Cl)nc(C)n1. The van der Waals surface area contributed by atoms with Gasteiger partial charge in [0, 0.05) is 23.7 Å². The second kappa shape index (κ2) is 6.77. The van der Waals surface area contributed by atoms with Crippen LogP contribution in [-0.2, 0) is 0 Å². The summed E-state index contributed by atoms with van der Waals surface area (Å²) in [5.41, 5.74) is 0. The number of aryl methyl sites for hydroxylation is 1. The van der Waals surface area contributed by atoms with E-state index in [-0.39, 0.29) is 0 Å². The molecule has 0 radical (unpaired) electrons. The zero-order valence-corrected chi connectivity index (χ0v) is 12.8. The van der Waals surface area contributed by atoms with Crippen molar-refractivity contribution in [3.05, 3.63) is 40.1 Å². The highest BCUT2D eigenvalue weighted by atomic mass is 35.5. The highest BCUT2D eigenvalue weighted by molar-refractivity contribution is 6.34. The number of nitrogens with zero attached hydrogens (tertiary/aromatic N) is 2. The van der Waals surface area contributed by atoms with Gasteiger partial charge in [0.15, 0.2) is 0 Å². The first kappa shape index (κ1) is 14.9. The van der Waals surface area contributed by atoms with Gasteiger partial charge in [-0.25, -0.2) is 4.98 Å². The van der Waals surface area contributed by atoms with Crippen molar-refractivity contribution in [2.75, 3.05) is 11.9 Å². The number of rotatable bonds is 5. The molecule has 0 aliphatic heterocycles. The van der Waals surface area contributed by atoms with Crippen LogP contribution < -0.4 is 10.1 Å². The molecule has 0 saturated carbocycles.